The van der Waals surface area contributed by atoms with Gasteiger partial charge in [0.2, 0.25) is 0 Å². The summed E-state index contributed by atoms with van der Waals surface area (Å²) in [6.45, 7) is 3.80. The Kier molecular flexibility index (Phi) is 5.35. The highest BCUT2D eigenvalue weighted by Crippen LogP contribution is 2.22. The molecule has 2 rings (SSSR count). The van der Waals surface area contributed by atoms with Crippen LogP contribution in [0.2, 0.25) is 0 Å². The predicted octanol–water partition coefficient (Wildman–Crippen LogP) is 2.40. The number of likely N-dealkylation sites (tertiary alicyclic amines) is 1. The van der Waals surface area contributed by atoms with Crippen LogP contribution in [0.5, 0.6) is 0 Å². The Hall–Kier alpha value is -1.86. The molecule has 0 radical (unpaired) electrons. The van der Waals surface area contributed by atoms with Crippen LogP contribution in [0.1, 0.15) is 42.1 Å². The second kappa shape index (κ2) is 7.24. The molecule has 1 aromatic carbocycles. The van der Waals surface area contributed by atoms with Crippen molar-refractivity contribution in [3.05, 3.63) is 35.1 Å². The third kappa shape index (κ3) is 3.83. The van der Waals surface area contributed by atoms with Crippen molar-refractivity contribution in [1.29, 1.82) is 0 Å². The Morgan fingerprint density at radius 2 is 2.33 bits per heavy atom. The van der Waals surface area contributed by atoms with E-state index in [-0.39, 0.29) is 18.0 Å². The first-order valence-corrected chi connectivity index (χ1v) is 7.43. The maximum Gasteiger partial charge on any atom is 0.256 e. The average Bonchev–Trinajstić information content (AvgIpc) is 2.52. The minimum atomic E-state index is -0.512. The summed E-state index contributed by atoms with van der Waals surface area (Å²) in [5.41, 5.74) is 5.96. The first-order chi connectivity index (χ1) is 10.2. The molecule has 1 aromatic rings. The molecule has 0 aromatic heterocycles. The van der Waals surface area contributed by atoms with E-state index in [0.717, 1.165) is 25.8 Å². The van der Waals surface area contributed by atoms with Gasteiger partial charge in [-0.3, -0.25) is 4.79 Å². The Morgan fingerprint density at radius 3 is 3.00 bits per heavy atom. The van der Waals surface area contributed by atoms with E-state index >= 15 is 0 Å². The summed E-state index contributed by atoms with van der Waals surface area (Å²) in [5, 5.41) is 0. The van der Waals surface area contributed by atoms with Gasteiger partial charge in [0.25, 0.3) is 5.91 Å². The van der Waals surface area contributed by atoms with Gasteiger partial charge < -0.3 is 10.6 Å². The molecule has 0 bridgehead atoms. The van der Waals surface area contributed by atoms with Gasteiger partial charge in [0.1, 0.15) is 5.82 Å². The number of amides is 1. The Bertz CT molecular complexity index is 574. The van der Waals surface area contributed by atoms with Crippen LogP contribution in [0.3, 0.4) is 0 Å². The molecular formula is C17H21FN2O. The van der Waals surface area contributed by atoms with E-state index in [1.807, 2.05) is 0 Å². The fraction of sp³-hybridized carbons (Fsp3) is 0.471. The summed E-state index contributed by atoms with van der Waals surface area (Å²) in [7, 11) is 0. The van der Waals surface area contributed by atoms with Crippen LogP contribution in [-0.4, -0.2) is 30.4 Å². The minimum Gasteiger partial charge on any atom is -0.338 e. The lowest BCUT2D eigenvalue weighted by atomic mass is 9.95. The number of nitrogens with two attached hydrogens (primary N) is 1. The van der Waals surface area contributed by atoms with Crippen molar-refractivity contribution < 1.29 is 9.18 Å². The number of hydrogen-bond donors (Lipinski definition) is 1. The molecule has 0 saturated carbocycles. The van der Waals surface area contributed by atoms with Crippen molar-refractivity contribution in [2.24, 2.45) is 11.7 Å². The zero-order valence-corrected chi connectivity index (χ0v) is 12.4. The number of nitrogens with zero attached hydrogens (tertiary/aromatic N) is 1. The van der Waals surface area contributed by atoms with E-state index < -0.39 is 5.82 Å². The lowest BCUT2D eigenvalue weighted by molar-refractivity contribution is 0.0666. The molecule has 1 heterocycles. The Morgan fingerprint density at radius 1 is 1.52 bits per heavy atom. The van der Waals surface area contributed by atoms with Gasteiger partial charge in [-0.25, -0.2) is 4.39 Å². The monoisotopic (exact) mass is 288 g/mol. The van der Waals surface area contributed by atoms with Crippen molar-refractivity contribution in [3.8, 4) is 11.8 Å². The zero-order chi connectivity index (χ0) is 15.2. The van der Waals surface area contributed by atoms with E-state index in [1.54, 1.807) is 11.0 Å². The van der Waals surface area contributed by atoms with Crippen LogP contribution in [0.15, 0.2) is 18.2 Å². The molecule has 4 heteroatoms. The molecule has 0 aliphatic carbocycles. The first kappa shape index (κ1) is 15.5. The van der Waals surface area contributed by atoms with E-state index in [1.165, 1.54) is 12.1 Å². The van der Waals surface area contributed by atoms with Crippen LogP contribution in [0.4, 0.5) is 4.39 Å². The minimum absolute atomic E-state index is 0.130. The molecule has 112 valence electrons. The number of carbonyl (C=O) groups is 1. The van der Waals surface area contributed by atoms with Crippen molar-refractivity contribution in [3.63, 3.8) is 0 Å². The summed E-state index contributed by atoms with van der Waals surface area (Å²) in [5.74, 6) is 5.24. The molecule has 1 saturated heterocycles. The summed E-state index contributed by atoms with van der Waals surface area (Å²) in [4.78, 5) is 14.2. The van der Waals surface area contributed by atoms with Gasteiger partial charge in [0.05, 0.1) is 12.1 Å². The number of piperidine rings is 1. The molecule has 1 aliphatic heterocycles. The van der Waals surface area contributed by atoms with Crippen LogP contribution < -0.4 is 5.73 Å². The fourth-order valence-corrected chi connectivity index (χ4v) is 2.67. The van der Waals surface area contributed by atoms with Gasteiger partial charge in [-0.1, -0.05) is 25.2 Å². The van der Waals surface area contributed by atoms with Gasteiger partial charge in [-0.2, -0.15) is 0 Å². The summed E-state index contributed by atoms with van der Waals surface area (Å²) >= 11 is 0. The van der Waals surface area contributed by atoms with Crippen LogP contribution in [0.25, 0.3) is 0 Å². The highest BCUT2D eigenvalue weighted by molar-refractivity contribution is 5.94. The number of carbonyl (C=O) groups excluding carboxylic acids is 1. The molecule has 3 nitrogen and oxygen atoms in total. The van der Waals surface area contributed by atoms with Crippen LogP contribution in [-0.2, 0) is 0 Å². The Balaban J connectivity index is 2.15. The standard InChI is InChI=1S/C17H21FN2O/c1-2-13-6-4-10-20(12-13)17(21)15-8-7-14(5-3-9-19)11-16(15)18/h7-8,11,13H,2,4,6,9-10,12,19H2,1H3. The summed E-state index contributed by atoms with van der Waals surface area (Å²) in [6.07, 6.45) is 3.20. The number of halogens is 1. The van der Waals surface area contributed by atoms with Crippen molar-refractivity contribution in [2.45, 2.75) is 26.2 Å². The van der Waals surface area contributed by atoms with Gasteiger partial charge in [0, 0.05) is 18.7 Å². The largest absolute Gasteiger partial charge is 0.338 e. The summed E-state index contributed by atoms with van der Waals surface area (Å²) < 4.78 is 14.1. The second-order valence-electron chi connectivity index (χ2n) is 5.37. The smallest absolute Gasteiger partial charge is 0.256 e. The van der Waals surface area contributed by atoms with E-state index in [4.69, 9.17) is 5.73 Å². The number of hydrogen-bond acceptors (Lipinski definition) is 2. The topological polar surface area (TPSA) is 46.3 Å². The van der Waals surface area contributed by atoms with Crippen molar-refractivity contribution >= 4 is 5.91 Å². The predicted molar refractivity (Wildman–Crippen MR) is 81.3 cm³/mol. The van der Waals surface area contributed by atoms with Gasteiger partial charge in [-0.15, -0.1) is 0 Å². The van der Waals surface area contributed by atoms with E-state index in [2.05, 4.69) is 18.8 Å². The second-order valence-corrected chi connectivity index (χ2v) is 5.37. The fourth-order valence-electron chi connectivity index (χ4n) is 2.67. The third-order valence-corrected chi connectivity index (χ3v) is 3.92. The lowest BCUT2D eigenvalue weighted by Crippen LogP contribution is -2.40. The summed E-state index contributed by atoms with van der Waals surface area (Å²) in [6, 6.07) is 4.49. The highest BCUT2D eigenvalue weighted by Gasteiger charge is 2.25. The van der Waals surface area contributed by atoms with Gasteiger partial charge >= 0.3 is 0 Å². The lowest BCUT2D eigenvalue weighted by Gasteiger charge is -2.32. The normalized spacial score (nSPS) is 18.0. The molecule has 2 N–H and O–H groups in total. The van der Waals surface area contributed by atoms with E-state index in [9.17, 15) is 9.18 Å². The first-order valence-electron chi connectivity index (χ1n) is 7.43. The maximum absolute atomic E-state index is 14.1. The van der Waals surface area contributed by atoms with Crippen LogP contribution >= 0.6 is 0 Å². The number of benzene rings is 1. The molecule has 1 fully saturated rings. The number of rotatable bonds is 2. The molecular weight excluding hydrogens is 267 g/mol. The third-order valence-electron chi connectivity index (χ3n) is 3.92. The molecule has 1 aliphatic rings. The zero-order valence-electron chi connectivity index (χ0n) is 12.4. The molecule has 1 atom stereocenters. The molecule has 1 unspecified atom stereocenters. The van der Waals surface area contributed by atoms with E-state index in [0.29, 0.717) is 18.0 Å². The molecule has 1 amide bonds. The van der Waals surface area contributed by atoms with Crippen LogP contribution in [0, 0.1) is 23.6 Å². The van der Waals surface area contributed by atoms with Crippen molar-refractivity contribution in [2.75, 3.05) is 19.6 Å². The van der Waals surface area contributed by atoms with Gasteiger partial charge in [-0.05, 0) is 37.0 Å². The Labute approximate surface area is 125 Å². The maximum atomic E-state index is 14.1. The van der Waals surface area contributed by atoms with Crippen molar-refractivity contribution in [1.82, 2.24) is 4.90 Å². The van der Waals surface area contributed by atoms with Gasteiger partial charge in [0.15, 0.2) is 0 Å². The highest BCUT2D eigenvalue weighted by atomic mass is 19.1. The molecule has 0 spiro atoms. The molecule has 21 heavy (non-hydrogen) atoms. The SMILES string of the molecule is CCC1CCCN(C(=O)c2ccc(C#CCN)cc2F)C1. The average molecular weight is 288 g/mol. The quantitative estimate of drug-likeness (QED) is 0.849.